The van der Waals surface area contributed by atoms with Crippen molar-refractivity contribution in [2.24, 2.45) is 0 Å². The second-order valence-corrected chi connectivity index (χ2v) is 11.0. The topological polar surface area (TPSA) is 30.7 Å². The van der Waals surface area contributed by atoms with Crippen LogP contribution in [0, 0.1) is 0 Å². The van der Waals surface area contributed by atoms with Gasteiger partial charge in [-0.2, -0.15) is 0 Å². The molecule has 0 bridgehead atoms. The Balaban J connectivity index is 1.41. The van der Waals surface area contributed by atoms with Gasteiger partial charge in [0.05, 0.1) is 22.2 Å². The normalized spacial score (nSPS) is 11.7. The van der Waals surface area contributed by atoms with Gasteiger partial charge in [0.25, 0.3) is 0 Å². The lowest BCUT2D eigenvalue weighted by Crippen LogP contribution is -2.04. The van der Waals surface area contributed by atoms with Crippen LogP contribution in [0.5, 0.6) is 0 Å². The van der Waals surface area contributed by atoms with E-state index in [1.807, 2.05) is 0 Å². The van der Waals surface area contributed by atoms with Crippen LogP contribution >= 0.6 is 0 Å². The summed E-state index contributed by atoms with van der Waals surface area (Å²) in [5, 5.41) is 8.08. The fourth-order valence-electron chi connectivity index (χ4n) is 6.59. The first-order valence-electron chi connectivity index (χ1n) is 14.6. The lowest BCUT2D eigenvalue weighted by Gasteiger charge is -2.14. The Morgan fingerprint density at radius 3 is 1.93 bits per heavy atom. The molecule has 3 heteroatoms. The zero-order chi connectivity index (χ0) is 28.3. The predicted octanol–water partition coefficient (Wildman–Crippen LogP) is 10.4. The van der Waals surface area contributed by atoms with Crippen LogP contribution in [0.3, 0.4) is 0 Å². The molecule has 0 atom stereocenters. The summed E-state index contributed by atoms with van der Waals surface area (Å²) >= 11 is 0. The molecule has 9 aromatic rings. The van der Waals surface area contributed by atoms with Crippen LogP contribution in [0.1, 0.15) is 0 Å². The highest BCUT2D eigenvalue weighted by atomic mass is 15.2. The van der Waals surface area contributed by atoms with E-state index >= 15 is 0 Å². The molecule has 0 N–H and O–H groups in total. The fourth-order valence-corrected chi connectivity index (χ4v) is 6.59. The van der Waals surface area contributed by atoms with Gasteiger partial charge < -0.3 is 0 Å². The Morgan fingerprint density at radius 1 is 0.395 bits per heavy atom. The van der Waals surface area contributed by atoms with E-state index < -0.39 is 0 Å². The fraction of sp³-hybridized carbons (Fsp3) is 0. The van der Waals surface area contributed by atoms with Gasteiger partial charge in [-0.05, 0) is 51.6 Å². The molecule has 2 aromatic heterocycles. The molecule has 7 aromatic carbocycles. The second kappa shape index (κ2) is 9.37. The number of nitrogens with zero attached hydrogens (tertiary/aromatic N) is 3. The molecule has 0 aliphatic rings. The summed E-state index contributed by atoms with van der Waals surface area (Å²) in [5.74, 6) is 0.672. The Morgan fingerprint density at radius 2 is 1.07 bits per heavy atom. The van der Waals surface area contributed by atoms with Crippen LogP contribution in [0.25, 0.3) is 82.6 Å². The van der Waals surface area contributed by atoms with Crippen LogP contribution in [0.15, 0.2) is 152 Å². The molecule has 0 amide bonds. The van der Waals surface area contributed by atoms with Gasteiger partial charge in [-0.25, -0.2) is 9.97 Å². The number of hydrogen-bond acceptors (Lipinski definition) is 2. The lowest BCUT2D eigenvalue weighted by atomic mass is 9.98. The molecule has 43 heavy (non-hydrogen) atoms. The maximum atomic E-state index is 5.40. The molecule has 200 valence electrons. The molecule has 0 saturated heterocycles. The largest absolute Gasteiger partial charge is 0.278 e. The molecule has 0 spiro atoms. The molecule has 9 rings (SSSR count). The Kier molecular flexibility index (Phi) is 5.20. The summed E-state index contributed by atoms with van der Waals surface area (Å²) in [6, 6.07) is 53.7. The monoisotopic (exact) mass is 547 g/mol. The molecule has 0 aliphatic carbocycles. The predicted molar refractivity (Wildman–Crippen MR) is 180 cm³/mol. The minimum atomic E-state index is 0.672. The summed E-state index contributed by atoms with van der Waals surface area (Å²) < 4.78 is 2.23. The van der Waals surface area contributed by atoms with Crippen LogP contribution in [0.4, 0.5) is 0 Å². The number of benzene rings is 7. The minimum Gasteiger partial charge on any atom is -0.278 e. The van der Waals surface area contributed by atoms with Crippen molar-refractivity contribution in [2.75, 3.05) is 0 Å². The Labute approximate surface area is 248 Å². The Bertz CT molecular complexity index is 2500. The van der Waals surface area contributed by atoms with E-state index in [1.165, 1.54) is 38.1 Å². The zero-order valence-corrected chi connectivity index (χ0v) is 23.3. The molecule has 3 nitrogen and oxygen atoms in total. The van der Waals surface area contributed by atoms with E-state index in [9.17, 15) is 0 Å². The van der Waals surface area contributed by atoms with Crippen molar-refractivity contribution in [3.63, 3.8) is 0 Å². The van der Waals surface area contributed by atoms with Gasteiger partial charge in [-0.1, -0.05) is 127 Å². The SMILES string of the molecule is c1ccc(-c2ccc3c(c2)c2ccccc2n3-c2nc(-c3cccc4ccccc34)c3ccc4ccccc4c3n2)cc1. The third-order valence-corrected chi connectivity index (χ3v) is 8.60. The van der Waals surface area contributed by atoms with E-state index in [4.69, 9.17) is 9.97 Å². The van der Waals surface area contributed by atoms with Crippen molar-refractivity contribution in [3.8, 4) is 28.3 Å². The highest BCUT2D eigenvalue weighted by Crippen LogP contribution is 2.38. The molecular weight excluding hydrogens is 522 g/mol. The van der Waals surface area contributed by atoms with Crippen molar-refractivity contribution in [1.82, 2.24) is 14.5 Å². The quantitative estimate of drug-likeness (QED) is 0.206. The van der Waals surface area contributed by atoms with E-state index in [0.717, 1.165) is 38.6 Å². The summed E-state index contributed by atoms with van der Waals surface area (Å²) in [5.41, 5.74) is 7.57. The van der Waals surface area contributed by atoms with Crippen LogP contribution in [0.2, 0.25) is 0 Å². The van der Waals surface area contributed by atoms with E-state index in [0.29, 0.717) is 5.95 Å². The maximum Gasteiger partial charge on any atom is 0.235 e. The number of aromatic nitrogens is 3. The molecule has 0 aliphatic heterocycles. The van der Waals surface area contributed by atoms with Crippen molar-refractivity contribution in [3.05, 3.63) is 152 Å². The lowest BCUT2D eigenvalue weighted by molar-refractivity contribution is 1.02. The van der Waals surface area contributed by atoms with Gasteiger partial charge in [0.15, 0.2) is 0 Å². The smallest absolute Gasteiger partial charge is 0.235 e. The van der Waals surface area contributed by atoms with Crippen LogP contribution in [-0.2, 0) is 0 Å². The first kappa shape index (κ1) is 23.9. The third kappa shape index (κ3) is 3.68. The molecule has 0 fully saturated rings. The molecular formula is C40H25N3. The molecule has 0 unspecified atom stereocenters. The summed E-state index contributed by atoms with van der Waals surface area (Å²) in [6.45, 7) is 0. The first-order chi connectivity index (χ1) is 21.3. The van der Waals surface area contributed by atoms with Gasteiger partial charge in [-0.15, -0.1) is 0 Å². The van der Waals surface area contributed by atoms with Crippen LogP contribution in [-0.4, -0.2) is 14.5 Å². The molecule has 0 saturated carbocycles. The van der Waals surface area contributed by atoms with E-state index in [2.05, 4.69) is 156 Å². The maximum absolute atomic E-state index is 5.40. The van der Waals surface area contributed by atoms with Crippen molar-refractivity contribution < 1.29 is 0 Å². The van der Waals surface area contributed by atoms with Crippen LogP contribution < -0.4 is 0 Å². The highest BCUT2D eigenvalue weighted by molar-refractivity contribution is 6.13. The highest BCUT2D eigenvalue weighted by Gasteiger charge is 2.19. The second-order valence-electron chi connectivity index (χ2n) is 11.0. The van der Waals surface area contributed by atoms with E-state index in [-0.39, 0.29) is 0 Å². The van der Waals surface area contributed by atoms with Crippen molar-refractivity contribution in [2.45, 2.75) is 0 Å². The van der Waals surface area contributed by atoms with E-state index in [1.54, 1.807) is 0 Å². The molecule has 2 heterocycles. The third-order valence-electron chi connectivity index (χ3n) is 8.60. The number of fused-ring (bicyclic) bond motifs is 7. The van der Waals surface area contributed by atoms with Crippen molar-refractivity contribution >= 4 is 54.3 Å². The van der Waals surface area contributed by atoms with Gasteiger partial charge in [0.1, 0.15) is 0 Å². The summed E-state index contributed by atoms with van der Waals surface area (Å²) in [4.78, 5) is 10.7. The standard InChI is InChI=1S/C40H25N3/c1-2-11-26(12-3-1)29-22-24-37-35(25-29)32-18-8-9-20-36(32)43(37)40-41-38-31-17-7-5-14-28(31)21-23-34(38)39(42-40)33-19-10-15-27-13-4-6-16-30(27)33/h1-25H. The average Bonchev–Trinajstić information content (AvgIpc) is 3.41. The molecule has 0 radical (unpaired) electrons. The van der Waals surface area contributed by atoms with Gasteiger partial charge in [-0.3, -0.25) is 4.57 Å². The summed E-state index contributed by atoms with van der Waals surface area (Å²) in [7, 11) is 0. The summed E-state index contributed by atoms with van der Waals surface area (Å²) in [6.07, 6.45) is 0. The van der Waals surface area contributed by atoms with Crippen molar-refractivity contribution in [1.29, 1.82) is 0 Å². The first-order valence-corrected chi connectivity index (χ1v) is 14.6. The van der Waals surface area contributed by atoms with Gasteiger partial charge >= 0.3 is 0 Å². The zero-order valence-electron chi connectivity index (χ0n) is 23.3. The number of hydrogen-bond donors (Lipinski definition) is 0. The average molecular weight is 548 g/mol. The van der Waals surface area contributed by atoms with Gasteiger partial charge in [0, 0.05) is 27.1 Å². The van der Waals surface area contributed by atoms with Gasteiger partial charge in [0.2, 0.25) is 5.95 Å². The number of rotatable bonds is 3. The number of para-hydroxylation sites is 1. The Hall–Kier alpha value is -5.80. The minimum absolute atomic E-state index is 0.672.